The van der Waals surface area contributed by atoms with Crippen LogP contribution in [-0.2, 0) is 13.0 Å². The summed E-state index contributed by atoms with van der Waals surface area (Å²) in [6.07, 6.45) is 2.22. The molecule has 2 amide bonds. The zero-order valence-corrected chi connectivity index (χ0v) is 15.7. The predicted molar refractivity (Wildman–Crippen MR) is 108 cm³/mol. The van der Waals surface area contributed by atoms with Crippen LogP contribution >= 0.6 is 23.5 Å². The van der Waals surface area contributed by atoms with Crippen molar-refractivity contribution in [1.82, 2.24) is 4.90 Å². The van der Waals surface area contributed by atoms with E-state index in [1.165, 1.54) is 34.6 Å². The first-order valence-corrected chi connectivity index (χ1v) is 10.9. The van der Waals surface area contributed by atoms with E-state index < -0.39 is 0 Å². The monoisotopic (exact) mass is 370 g/mol. The van der Waals surface area contributed by atoms with Gasteiger partial charge in [-0.15, -0.1) is 23.5 Å². The Bertz CT molecular complexity index is 759. The zero-order chi connectivity index (χ0) is 17.1. The maximum absolute atomic E-state index is 12.7. The van der Waals surface area contributed by atoms with Crippen molar-refractivity contribution in [3.63, 3.8) is 0 Å². The maximum Gasteiger partial charge on any atom is 0.322 e. The van der Waals surface area contributed by atoms with Gasteiger partial charge in [0.2, 0.25) is 0 Å². The van der Waals surface area contributed by atoms with Crippen LogP contribution in [0.1, 0.15) is 27.7 Å². The summed E-state index contributed by atoms with van der Waals surface area (Å²) in [4.78, 5) is 14.6. The minimum atomic E-state index is -0.00407. The summed E-state index contributed by atoms with van der Waals surface area (Å²) >= 11 is 4.01. The molecule has 0 radical (unpaired) electrons. The van der Waals surface area contributed by atoms with Crippen LogP contribution in [-0.4, -0.2) is 29.0 Å². The van der Waals surface area contributed by atoms with E-state index in [1.807, 2.05) is 46.6 Å². The molecule has 0 aromatic heterocycles. The van der Waals surface area contributed by atoms with Gasteiger partial charge >= 0.3 is 6.03 Å². The van der Waals surface area contributed by atoms with Crippen molar-refractivity contribution in [2.24, 2.45) is 0 Å². The van der Waals surface area contributed by atoms with Crippen molar-refractivity contribution < 1.29 is 4.79 Å². The van der Waals surface area contributed by atoms with Crippen molar-refractivity contribution in [2.75, 3.05) is 23.4 Å². The minimum Gasteiger partial charge on any atom is -0.320 e. The van der Waals surface area contributed by atoms with E-state index in [0.717, 1.165) is 18.7 Å². The second-order valence-electron chi connectivity index (χ2n) is 6.42. The van der Waals surface area contributed by atoms with E-state index in [0.29, 0.717) is 11.1 Å². The molecule has 0 unspecified atom stereocenters. The second-order valence-corrected chi connectivity index (χ2v) is 9.15. The third kappa shape index (κ3) is 3.98. The second kappa shape index (κ2) is 7.75. The molecule has 0 spiro atoms. The van der Waals surface area contributed by atoms with Gasteiger partial charge in [-0.1, -0.05) is 36.4 Å². The third-order valence-electron chi connectivity index (χ3n) is 4.66. The minimum absolute atomic E-state index is 0.00407. The average Bonchev–Trinajstić information content (AvgIpc) is 2.68. The van der Waals surface area contributed by atoms with Gasteiger partial charge in [0.15, 0.2) is 0 Å². The van der Waals surface area contributed by atoms with Gasteiger partial charge in [0.25, 0.3) is 0 Å². The number of thioether (sulfide) groups is 2. The van der Waals surface area contributed by atoms with Crippen LogP contribution in [0, 0.1) is 0 Å². The molecule has 2 aliphatic heterocycles. The number of carbonyl (C=O) groups excluding carboxylic acids is 1. The topological polar surface area (TPSA) is 32.3 Å². The number of benzene rings is 2. The van der Waals surface area contributed by atoms with E-state index in [-0.39, 0.29) is 6.03 Å². The van der Waals surface area contributed by atoms with Crippen LogP contribution < -0.4 is 5.32 Å². The summed E-state index contributed by atoms with van der Waals surface area (Å²) in [6, 6.07) is 16.7. The lowest BCUT2D eigenvalue weighted by Crippen LogP contribution is -2.38. The van der Waals surface area contributed by atoms with Gasteiger partial charge < -0.3 is 10.2 Å². The standard InChI is InChI=1S/C20H22N2OS2/c23-20(22-10-9-15-5-1-2-6-17(15)14-22)21-18-8-3-7-16(13-18)19-24-11-4-12-25-19/h1-3,5-8,13,19H,4,9-12,14H2,(H,21,23). The molecular weight excluding hydrogens is 348 g/mol. The summed E-state index contributed by atoms with van der Waals surface area (Å²) < 4.78 is 0.493. The number of rotatable bonds is 2. The van der Waals surface area contributed by atoms with Crippen molar-refractivity contribution in [1.29, 1.82) is 0 Å². The fraction of sp³-hybridized carbons (Fsp3) is 0.350. The number of nitrogens with zero attached hydrogens (tertiary/aromatic N) is 1. The van der Waals surface area contributed by atoms with Crippen LogP contribution in [0.15, 0.2) is 48.5 Å². The first kappa shape index (κ1) is 16.9. The fourth-order valence-electron chi connectivity index (χ4n) is 3.31. The summed E-state index contributed by atoms with van der Waals surface area (Å²) in [5.74, 6) is 2.45. The molecule has 1 saturated heterocycles. The van der Waals surface area contributed by atoms with E-state index in [2.05, 4.69) is 35.6 Å². The third-order valence-corrected chi connectivity index (χ3v) is 7.67. The molecule has 0 aliphatic carbocycles. The quantitative estimate of drug-likeness (QED) is 0.794. The Morgan fingerprint density at radius 1 is 1.04 bits per heavy atom. The van der Waals surface area contributed by atoms with E-state index in [1.54, 1.807) is 0 Å². The lowest BCUT2D eigenvalue weighted by atomic mass is 10.0. The number of fused-ring (bicyclic) bond motifs is 1. The van der Waals surface area contributed by atoms with Crippen molar-refractivity contribution in [3.8, 4) is 0 Å². The Morgan fingerprint density at radius 2 is 1.84 bits per heavy atom. The highest BCUT2D eigenvalue weighted by atomic mass is 32.2. The molecule has 0 atom stereocenters. The molecule has 25 heavy (non-hydrogen) atoms. The molecule has 5 heteroatoms. The highest BCUT2D eigenvalue weighted by Crippen LogP contribution is 2.44. The maximum atomic E-state index is 12.7. The summed E-state index contributed by atoms with van der Waals surface area (Å²) in [5.41, 5.74) is 4.82. The van der Waals surface area contributed by atoms with Crippen LogP contribution in [0.4, 0.5) is 10.5 Å². The number of nitrogens with one attached hydrogen (secondary N) is 1. The van der Waals surface area contributed by atoms with Crippen LogP contribution in [0.3, 0.4) is 0 Å². The van der Waals surface area contributed by atoms with Gasteiger partial charge in [-0.05, 0) is 53.2 Å². The number of hydrogen-bond acceptors (Lipinski definition) is 3. The summed E-state index contributed by atoms with van der Waals surface area (Å²) in [6.45, 7) is 1.47. The Hall–Kier alpha value is -1.59. The molecule has 2 aliphatic rings. The smallest absolute Gasteiger partial charge is 0.320 e. The molecule has 0 saturated carbocycles. The van der Waals surface area contributed by atoms with Gasteiger partial charge in [-0.25, -0.2) is 4.79 Å². The lowest BCUT2D eigenvalue weighted by molar-refractivity contribution is 0.206. The number of carbonyl (C=O) groups is 1. The largest absolute Gasteiger partial charge is 0.322 e. The van der Waals surface area contributed by atoms with Crippen molar-refractivity contribution in [3.05, 3.63) is 65.2 Å². The highest BCUT2D eigenvalue weighted by Gasteiger charge is 2.21. The molecule has 130 valence electrons. The van der Waals surface area contributed by atoms with Gasteiger partial charge in [0.1, 0.15) is 0 Å². The Balaban J connectivity index is 1.43. The van der Waals surface area contributed by atoms with Crippen molar-refractivity contribution in [2.45, 2.75) is 24.0 Å². The zero-order valence-electron chi connectivity index (χ0n) is 14.1. The van der Waals surface area contributed by atoms with Gasteiger partial charge in [-0.2, -0.15) is 0 Å². The molecule has 2 heterocycles. The van der Waals surface area contributed by atoms with Crippen LogP contribution in [0.25, 0.3) is 0 Å². The van der Waals surface area contributed by atoms with Gasteiger partial charge in [0.05, 0.1) is 4.58 Å². The first-order chi connectivity index (χ1) is 12.3. The van der Waals surface area contributed by atoms with Crippen molar-refractivity contribution >= 4 is 35.2 Å². The predicted octanol–water partition coefficient (Wildman–Crippen LogP) is 5.15. The Morgan fingerprint density at radius 3 is 2.68 bits per heavy atom. The highest BCUT2D eigenvalue weighted by molar-refractivity contribution is 8.16. The average molecular weight is 371 g/mol. The molecule has 4 rings (SSSR count). The summed E-state index contributed by atoms with van der Waals surface area (Å²) in [7, 11) is 0. The molecule has 0 bridgehead atoms. The number of urea groups is 1. The SMILES string of the molecule is O=C(Nc1cccc(C2SCCCS2)c1)N1CCc2ccccc2C1. The molecule has 3 nitrogen and oxygen atoms in total. The van der Waals surface area contributed by atoms with Crippen LogP contribution in [0.2, 0.25) is 0 Å². The fourth-order valence-corrected chi connectivity index (χ4v) is 6.19. The molecule has 2 aromatic carbocycles. The molecular formula is C20H22N2OS2. The number of anilines is 1. The van der Waals surface area contributed by atoms with Gasteiger partial charge in [0, 0.05) is 18.8 Å². The molecule has 1 N–H and O–H groups in total. The number of hydrogen-bond donors (Lipinski definition) is 1. The van der Waals surface area contributed by atoms with Crippen LogP contribution in [0.5, 0.6) is 0 Å². The van der Waals surface area contributed by atoms with E-state index in [4.69, 9.17) is 0 Å². The molecule has 1 fully saturated rings. The Kier molecular flexibility index (Phi) is 5.22. The number of amides is 2. The Labute approximate surface area is 157 Å². The first-order valence-electron chi connectivity index (χ1n) is 8.75. The lowest BCUT2D eigenvalue weighted by Gasteiger charge is -2.29. The summed E-state index contributed by atoms with van der Waals surface area (Å²) in [5, 5.41) is 3.09. The normalized spacial score (nSPS) is 17.8. The van der Waals surface area contributed by atoms with E-state index >= 15 is 0 Å². The van der Waals surface area contributed by atoms with Gasteiger partial charge in [-0.3, -0.25) is 0 Å². The van der Waals surface area contributed by atoms with E-state index in [9.17, 15) is 4.79 Å². The molecule has 2 aromatic rings.